The van der Waals surface area contributed by atoms with Crippen molar-refractivity contribution in [1.29, 1.82) is 0 Å². The fourth-order valence-electron chi connectivity index (χ4n) is 3.17. The van der Waals surface area contributed by atoms with Crippen LogP contribution in [0.25, 0.3) is 0 Å². The molecule has 26 heavy (non-hydrogen) atoms. The molecule has 3 heterocycles. The lowest BCUT2D eigenvalue weighted by molar-refractivity contribution is -0.130. The molecular weight excluding hydrogens is 332 g/mol. The number of carbonyl (C=O) groups excluding carboxylic acids is 1. The van der Waals surface area contributed by atoms with Crippen molar-refractivity contribution in [2.24, 2.45) is 0 Å². The molecule has 1 aliphatic heterocycles. The summed E-state index contributed by atoms with van der Waals surface area (Å²) in [5.74, 6) is 1.44. The average molecular weight is 358 g/mol. The number of aryl methyl sites for hydroxylation is 2. The number of nitrogens with one attached hydrogen (secondary N) is 1. The van der Waals surface area contributed by atoms with Gasteiger partial charge in [-0.2, -0.15) is 5.10 Å². The van der Waals surface area contributed by atoms with E-state index in [2.05, 4.69) is 20.4 Å². The summed E-state index contributed by atoms with van der Waals surface area (Å²) in [7, 11) is 3.83. The highest BCUT2D eigenvalue weighted by Gasteiger charge is 2.28. The molecule has 1 amide bonds. The Hall–Kier alpha value is -2.64. The zero-order valence-electron chi connectivity index (χ0n) is 15.8. The Bertz CT molecular complexity index is 736. The Morgan fingerprint density at radius 2 is 2.15 bits per heavy atom. The second kappa shape index (κ2) is 7.72. The lowest BCUT2D eigenvalue weighted by Gasteiger charge is -2.17. The maximum Gasteiger partial charge on any atom is 0.233 e. The number of rotatable bonds is 6. The molecule has 1 N–H and O–H groups in total. The molecule has 1 unspecified atom stereocenters. The molecule has 8 nitrogen and oxygen atoms in total. The van der Waals surface area contributed by atoms with Crippen molar-refractivity contribution in [3.8, 4) is 5.88 Å². The first-order chi connectivity index (χ1) is 12.4. The van der Waals surface area contributed by atoms with E-state index in [-0.39, 0.29) is 12.0 Å². The number of aromatic amines is 1. The molecule has 1 atom stereocenters. The summed E-state index contributed by atoms with van der Waals surface area (Å²) >= 11 is 0. The minimum Gasteiger partial charge on any atom is -0.471 e. The number of hydrogen-bond acceptors (Lipinski definition) is 6. The monoisotopic (exact) mass is 358 g/mol. The molecular formula is C18H26N6O2. The van der Waals surface area contributed by atoms with Gasteiger partial charge in [-0.15, -0.1) is 10.2 Å². The maximum atomic E-state index is 12.5. The molecule has 1 aliphatic rings. The standard InChI is InChI=1S/C18H26N6O2/c1-12-15(13(2)20-19-12)5-8-18(25)24-10-9-14(11-24)26-17-7-6-16(21-22-17)23(3)4/h6-7,14H,5,8-11H2,1-4H3,(H,19,20). The molecule has 0 aromatic carbocycles. The highest BCUT2D eigenvalue weighted by Crippen LogP contribution is 2.19. The molecule has 0 aliphatic carbocycles. The van der Waals surface area contributed by atoms with E-state index in [9.17, 15) is 4.79 Å². The highest BCUT2D eigenvalue weighted by molar-refractivity contribution is 5.76. The van der Waals surface area contributed by atoms with Crippen molar-refractivity contribution < 1.29 is 9.53 Å². The predicted octanol–water partition coefficient (Wildman–Crippen LogP) is 1.50. The summed E-state index contributed by atoms with van der Waals surface area (Å²) in [6.07, 6.45) is 1.99. The van der Waals surface area contributed by atoms with Crippen LogP contribution in [0.15, 0.2) is 12.1 Å². The van der Waals surface area contributed by atoms with Gasteiger partial charge in [-0.05, 0) is 31.9 Å². The number of amides is 1. The molecule has 2 aromatic heterocycles. The molecule has 2 aromatic rings. The van der Waals surface area contributed by atoms with Gasteiger partial charge in [-0.1, -0.05) is 0 Å². The van der Waals surface area contributed by atoms with Crippen LogP contribution in [0.4, 0.5) is 5.82 Å². The normalized spacial score (nSPS) is 16.8. The predicted molar refractivity (Wildman–Crippen MR) is 98.4 cm³/mol. The van der Waals surface area contributed by atoms with Gasteiger partial charge in [-0.3, -0.25) is 9.89 Å². The number of carbonyl (C=O) groups is 1. The summed E-state index contributed by atoms with van der Waals surface area (Å²) in [5.41, 5.74) is 3.15. The first kappa shape index (κ1) is 18.2. The van der Waals surface area contributed by atoms with Gasteiger partial charge in [0.25, 0.3) is 0 Å². The zero-order valence-corrected chi connectivity index (χ0v) is 15.8. The first-order valence-electron chi connectivity index (χ1n) is 8.90. The highest BCUT2D eigenvalue weighted by atomic mass is 16.5. The van der Waals surface area contributed by atoms with E-state index in [1.165, 1.54) is 0 Å². The zero-order chi connectivity index (χ0) is 18.7. The van der Waals surface area contributed by atoms with E-state index < -0.39 is 0 Å². The van der Waals surface area contributed by atoms with Gasteiger partial charge in [0.2, 0.25) is 11.8 Å². The van der Waals surface area contributed by atoms with Crippen molar-refractivity contribution in [1.82, 2.24) is 25.3 Å². The topological polar surface area (TPSA) is 87.2 Å². The molecule has 0 bridgehead atoms. The number of likely N-dealkylation sites (tertiary alicyclic amines) is 1. The third-order valence-corrected chi connectivity index (χ3v) is 4.74. The number of hydrogen-bond donors (Lipinski definition) is 1. The number of anilines is 1. The van der Waals surface area contributed by atoms with Crippen LogP contribution in [0.3, 0.4) is 0 Å². The number of H-pyrrole nitrogens is 1. The molecule has 0 saturated carbocycles. The Balaban J connectivity index is 1.49. The largest absolute Gasteiger partial charge is 0.471 e. The maximum absolute atomic E-state index is 12.5. The minimum atomic E-state index is -0.0316. The Kier molecular flexibility index (Phi) is 5.39. The third kappa shape index (κ3) is 4.12. The van der Waals surface area contributed by atoms with E-state index in [0.29, 0.717) is 25.3 Å². The van der Waals surface area contributed by atoms with Gasteiger partial charge < -0.3 is 14.5 Å². The summed E-state index contributed by atoms with van der Waals surface area (Å²) < 4.78 is 5.88. The van der Waals surface area contributed by atoms with Crippen LogP contribution in [0.1, 0.15) is 29.8 Å². The SMILES string of the molecule is Cc1n[nH]c(C)c1CCC(=O)N1CCC(Oc2ccc(N(C)C)nn2)C1. The van der Waals surface area contributed by atoms with Crippen molar-refractivity contribution in [2.75, 3.05) is 32.1 Å². The summed E-state index contributed by atoms with van der Waals surface area (Å²) in [4.78, 5) is 16.2. The van der Waals surface area contributed by atoms with Crippen LogP contribution >= 0.6 is 0 Å². The molecule has 140 valence electrons. The average Bonchev–Trinajstić information content (AvgIpc) is 3.20. The van der Waals surface area contributed by atoms with Crippen LogP contribution in [0.5, 0.6) is 5.88 Å². The quantitative estimate of drug-likeness (QED) is 0.842. The van der Waals surface area contributed by atoms with Crippen molar-refractivity contribution in [3.63, 3.8) is 0 Å². The molecule has 0 spiro atoms. The molecule has 0 radical (unpaired) electrons. The van der Waals surface area contributed by atoms with Gasteiger partial charge in [0, 0.05) is 45.2 Å². The van der Waals surface area contributed by atoms with Gasteiger partial charge in [-0.25, -0.2) is 0 Å². The van der Waals surface area contributed by atoms with E-state index in [4.69, 9.17) is 4.74 Å². The van der Waals surface area contributed by atoms with Gasteiger partial charge in [0.15, 0.2) is 5.82 Å². The van der Waals surface area contributed by atoms with Crippen molar-refractivity contribution >= 4 is 11.7 Å². The lowest BCUT2D eigenvalue weighted by Crippen LogP contribution is -2.31. The second-order valence-electron chi connectivity index (χ2n) is 6.91. The fraction of sp³-hybridized carbons (Fsp3) is 0.556. The van der Waals surface area contributed by atoms with Gasteiger partial charge in [0.1, 0.15) is 6.10 Å². The number of ether oxygens (including phenoxy) is 1. The van der Waals surface area contributed by atoms with Gasteiger partial charge >= 0.3 is 0 Å². The van der Waals surface area contributed by atoms with E-state index in [1.54, 1.807) is 0 Å². The smallest absolute Gasteiger partial charge is 0.233 e. The van der Waals surface area contributed by atoms with E-state index >= 15 is 0 Å². The number of nitrogens with zero attached hydrogens (tertiary/aromatic N) is 5. The Labute approximate surface area is 153 Å². The summed E-state index contributed by atoms with van der Waals surface area (Å²) in [5, 5.41) is 15.4. The third-order valence-electron chi connectivity index (χ3n) is 4.74. The summed E-state index contributed by atoms with van der Waals surface area (Å²) in [6, 6.07) is 3.69. The van der Waals surface area contributed by atoms with Crippen molar-refractivity contribution in [2.45, 2.75) is 39.2 Å². The first-order valence-corrected chi connectivity index (χ1v) is 8.90. The van der Waals surface area contributed by atoms with Crippen LogP contribution < -0.4 is 9.64 Å². The molecule has 8 heteroatoms. The van der Waals surface area contributed by atoms with Crippen LogP contribution in [0.2, 0.25) is 0 Å². The van der Waals surface area contributed by atoms with Crippen LogP contribution in [-0.4, -0.2) is 64.5 Å². The second-order valence-corrected chi connectivity index (χ2v) is 6.91. The lowest BCUT2D eigenvalue weighted by atomic mass is 10.1. The Morgan fingerprint density at radius 3 is 2.77 bits per heavy atom. The molecule has 3 rings (SSSR count). The molecule has 1 saturated heterocycles. The Morgan fingerprint density at radius 1 is 1.35 bits per heavy atom. The fourth-order valence-corrected chi connectivity index (χ4v) is 3.17. The van der Waals surface area contributed by atoms with Crippen LogP contribution in [-0.2, 0) is 11.2 Å². The van der Waals surface area contributed by atoms with Gasteiger partial charge in [0.05, 0.1) is 12.2 Å². The van der Waals surface area contributed by atoms with E-state index in [0.717, 1.165) is 35.7 Å². The summed E-state index contributed by atoms with van der Waals surface area (Å²) in [6.45, 7) is 5.27. The number of aromatic nitrogens is 4. The van der Waals surface area contributed by atoms with Crippen molar-refractivity contribution in [3.05, 3.63) is 29.1 Å². The molecule has 1 fully saturated rings. The van der Waals surface area contributed by atoms with Crippen LogP contribution in [0, 0.1) is 13.8 Å². The minimum absolute atomic E-state index is 0.0316. The van der Waals surface area contributed by atoms with E-state index in [1.807, 2.05) is 49.9 Å².